The topological polar surface area (TPSA) is 30.5 Å². The van der Waals surface area contributed by atoms with Crippen molar-refractivity contribution in [1.29, 1.82) is 0 Å². The van der Waals surface area contributed by atoms with Crippen LogP contribution in [0.1, 0.15) is 11.6 Å². The quantitative estimate of drug-likeness (QED) is 0.867. The summed E-state index contributed by atoms with van der Waals surface area (Å²) in [5.74, 6) is -0.300. The molecule has 2 rings (SSSR count). The first-order valence-corrected chi connectivity index (χ1v) is 5.75. The first-order chi connectivity index (χ1) is 8.99. The second-order valence-corrected chi connectivity index (χ2v) is 4.12. The lowest BCUT2D eigenvalue weighted by atomic mass is 10.1. The number of ether oxygens (including phenoxy) is 2. The fourth-order valence-electron chi connectivity index (χ4n) is 1.75. The third-order valence-electron chi connectivity index (χ3n) is 2.71. The van der Waals surface area contributed by atoms with Crippen LogP contribution in [0, 0.1) is 0 Å². The normalized spacial score (nSPS) is 19.6. The summed E-state index contributed by atoms with van der Waals surface area (Å²) < 4.78 is 58.5. The number of nitrogens with one attached hydrogen (secondary N) is 1. The van der Waals surface area contributed by atoms with Crippen LogP contribution in [0.25, 0.3) is 0 Å². The van der Waals surface area contributed by atoms with Gasteiger partial charge in [0.2, 0.25) is 0 Å². The zero-order valence-corrected chi connectivity index (χ0v) is 11.1. The van der Waals surface area contributed by atoms with E-state index < -0.39 is 12.5 Å². The van der Waals surface area contributed by atoms with Crippen LogP contribution in [-0.2, 0) is 4.74 Å². The van der Waals surface area contributed by atoms with E-state index >= 15 is 0 Å². The zero-order valence-electron chi connectivity index (χ0n) is 10.3. The first-order valence-electron chi connectivity index (χ1n) is 5.75. The van der Waals surface area contributed by atoms with Crippen molar-refractivity contribution < 1.29 is 27.0 Å². The van der Waals surface area contributed by atoms with Crippen LogP contribution in [0.15, 0.2) is 24.3 Å². The molecule has 0 aliphatic carbocycles. The van der Waals surface area contributed by atoms with Crippen LogP contribution in [-0.4, -0.2) is 32.3 Å². The molecule has 0 spiro atoms. The van der Waals surface area contributed by atoms with Crippen molar-refractivity contribution >= 4 is 12.4 Å². The van der Waals surface area contributed by atoms with Crippen LogP contribution in [0.4, 0.5) is 17.6 Å². The Hall–Kier alpha value is -1.05. The van der Waals surface area contributed by atoms with Gasteiger partial charge in [-0.25, -0.2) is 0 Å². The molecule has 1 aromatic carbocycles. The number of morpholine rings is 1. The third kappa shape index (κ3) is 4.22. The summed E-state index contributed by atoms with van der Waals surface area (Å²) in [6.07, 6.45) is -8.34. The first kappa shape index (κ1) is 17.0. The van der Waals surface area contributed by atoms with Gasteiger partial charge >= 0.3 is 12.5 Å². The van der Waals surface area contributed by atoms with Gasteiger partial charge in [0, 0.05) is 6.54 Å². The minimum atomic E-state index is -4.48. The number of halogens is 5. The van der Waals surface area contributed by atoms with Gasteiger partial charge in [-0.3, -0.25) is 0 Å². The second-order valence-electron chi connectivity index (χ2n) is 4.12. The lowest BCUT2D eigenvalue weighted by molar-refractivity contribution is -0.253. The molecule has 3 nitrogen and oxygen atoms in total. The highest BCUT2D eigenvalue weighted by Gasteiger charge is 2.43. The lowest BCUT2D eigenvalue weighted by Gasteiger charge is -2.24. The number of hydrogen-bond donors (Lipinski definition) is 1. The SMILES string of the molecule is Cl.FC(F)C(F)(F)Oc1ccc([C@@H]2COCCN2)cc1. The minimum Gasteiger partial charge on any atom is -0.428 e. The fourth-order valence-corrected chi connectivity index (χ4v) is 1.75. The molecule has 20 heavy (non-hydrogen) atoms. The molecule has 0 saturated carbocycles. The Morgan fingerprint density at radius 2 is 1.90 bits per heavy atom. The van der Waals surface area contributed by atoms with Gasteiger partial charge in [-0.05, 0) is 17.7 Å². The van der Waals surface area contributed by atoms with Gasteiger partial charge in [0.05, 0.1) is 19.3 Å². The molecule has 0 bridgehead atoms. The maximum atomic E-state index is 12.7. The number of benzene rings is 1. The molecular formula is C12H14ClF4NO2. The molecule has 0 amide bonds. The maximum Gasteiger partial charge on any atom is 0.461 e. The van der Waals surface area contributed by atoms with Crippen molar-refractivity contribution in [3.05, 3.63) is 29.8 Å². The van der Waals surface area contributed by atoms with Gasteiger partial charge in [0.1, 0.15) is 5.75 Å². The zero-order chi connectivity index (χ0) is 13.9. The van der Waals surface area contributed by atoms with E-state index in [9.17, 15) is 17.6 Å². The van der Waals surface area contributed by atoms with E-state index in [0.717, 1.165) is 5.56 Å². The highest BCUT2D eigenvalue weighted by atomic mass is 35.5. The second kappa shape index (κ2) is 7.10. The molecule has 1 N–H and O–H groups in total. The van der Waals surface area contributed by atoms with Crippen LogP contribution in [0.5, 0.6) is 5.75 Å². The van der Waals surface area contributed by atoms with Crippen molar-refractivity contribution in [2.24, 2.45) is 0 Å². The van der Waals surface area contributed by atoms with E-state index in [0.29, 0.717) is 19.8 Å². The molecule has 1 aromatic rings. The molecule has 1 saturated heterocycles. The highest BCUT2D eigenvalue weighted by molar-refractivity contribution is 5.85. The molecular weight excluding hydrogens is 302 g/mol. The lowest BCUT2D eigenvalue weighted by Crippen LogP contribution is -2.34. The van der Waals surface area contributed by atoms with E-state index in [-0.39, 0.29) is 24.2 Å². The Bertz CT molecular complexity index is 410. The monoisotopic (exact) mass is 315 g/mol. The van der Waals surface area contributed by atoms with Gasteiger partial charge in [-0.15, -0.1) is 12.4 Å². The largest absolute Gasteiger partial charge is 0.461 e. The molecule has 1 aliphatic heterocycles. The third-order valence-corrected chi connectivity index (χ3v) is 2.71. The van der Waals surface area contributed by atoms with Gasteiger partial charge in [-0.1, -0.05) is 12.1 Å². The Morgan fingerprint density at radius 3 is 2.40 bits per heavy atom. The predicted molar refractivity (Wildman–Crippen MR) is 66.8 cm³/mol. The molecule has 1 atom stereocenters. The summed E-state index contributed by atoms with van der Waals surface area (Å²) in [6, 6.07) is 5.54. The summed E-state index contributed by atoms with van der Waals surface area (Å²) >= 11 is 0. The fraction of sp³-hybridized carbons (Fsp3) is 0.500. The summed E-state index contributed by atoms with van der Waals surface area (Å²) in [7, 11) is 0. The van der Waals surface area contributed by atoms with Gasteiger partial charge in [0.25, 0.3) is 0 Å². The average Bonchev–Trinajstić information content (AvgIpc) is 2.40. The van der Waals surface area contributed by atoms with Crippen LogP contribution in [0.3, 0.4) is 0 Å². The molecule has 1 aliphatic rings. The molecule has 0 aromatic heterocycles. The van der Waals surface area contributed by atoms with Crippen molar-refractivity contribution in [2.45, 2.75) is 18.6 Å². The standard InChI is InChI=1S/C12H13F4NO2.ClH/c13-11(14)12(15,16)19-9-3-1-8(2-4-9)10-7-18-6-5-17-10;/h1-4,10-11,17H,5-7H2;1H/t10-;/m0./s1. The summed E-state index contributed by atoms with van der Waals surface area (Å²) in [6.45, 7) is 1.80. The van der Waals surface area contributed by atoms with Crippen molar-refractivity contribution in [3.63, 3.8) is 0 Å². The van der Waals surface area contributed by atoms with E-state index in [1.54, 1.807) is 12.1 Å². The smallest absolute Gasteiger partial charge is 0.428 e. The van der Waals surface area contributed by atoms with Crippen molar-refractivity contribution in [2.75, 3.05) is 19.8 Å². The Kier molecular flexibility index (Phi) is 6.04. The Morgan fingerprint density at radius 1 is 1.25 bits per heavy atom. The predicted octanol–water partition coefficient (Wildman–Crippen LogP) is 3.01. The van der Waals surface area contributed by atoms with E-state index in [1.807, 2.05) is 0 Å². The number of hydrogen-bond acceptors (Lipinski definition) is 3. The van der Waals surface area contributed by atoms with Gasteiger partial charge in [0.15, 0.2) is 0 Å². The van der Waals surface area contributed by atoms with Crippen molar-refractivity contribution in [3.8, 4) is 5.75 Å². The molecule has 8 heteroatoms. The molecule has 1 fully saturated rings. The average molecular weight is 316 g/mol. The van der Waals surface area contributed by atoms with Crippen LogP contribution in [0.2, 0.25) is 0 Å². The van der Waals surface area contributed by atoms with E-state index in [2.05, 4.69) is 10.1 Å². The van der Waals surface area contributed by atoms with E-state index in [4.69, 9.17) is 4.74 Å². The Labute approximate surface area is 119 Å². The minimum absolute atomic E-state index is 0. The summed E-state index contributed by atoms with van der Waals surface area (Å²) in [5, 5.41) is 3.19. The Balaban J connectivity index is 0.00000200. The van der Waals surface area contributed by atoms with Crippen LogP contribution >= 0.6 is 12.4 Å². The van der Waals surface area contributed by atoms with E-state index in [1.165, 1.54) is 12.1 Å². The van der Waals surface area contributed by atoms with Crippen molar-refractivity contribution in [1.82, 2.24) is 5.32 Å². The maximum absolute atomic E-state index is 12.7. The summed E-state index contributed by atoms with van der Waals surface area (Å²) in [5.41, 5.74) is 0.826. The molecule has 1 heterocycles. The molecule has 114 valence electrons. The molecule has 0 unspecified atom stereocenters. The number of rotatable bonds is 4. The summed E-state index contributed by atoms with van der Waals surface area (Å²) in [4.78, 5) is 0. The molecule has 0 radical (unpaired) electrons. The van der Waals surface area contributed by atoms with Gasteiger partial charge < -0.3 is 14.8 Å². The highest BCUT2D eigenvalue weighted by Crippen LogP contribution is 2.28. The van der Waals surface area contributed by atoms with Gasteiger partial charge in [-0.2, -0.15) is 17.6 Å². The van der Waals surface area contributed by atoms with Crippen LogP contribution < -0.4 is 10.1 Å². The number of alkyl halides is 4.